The smallest absolute Gasteiger partial charge is 0.345 e. The summed E-state index contributed by atoms with van der Waals surface area (Å²) in [6, 6.07) is 17.0. The molecule has 4 bridgehead atoms. The van der Waals surface area contributed by atoms with Gasteiger partial charge in [0.05, 0.1) is 12.5 Å². The first-order valence-electron chi connectivity index (χ1n) is 15.6. The normalized spacial score (nSPS) is 24.8. The fraction of sp³-hybridized carbons (Fsp3) is 0.543. The van der Waals surface area contributed by atoms with E-state index in [9.17, 15) is 24.3 Å². The summed E-state index contributed by atoms with van der Waals surface area (Å²) in [5.41, 5.74) is 7.91. The maximum Gasteiger partial charge on any atom is 0.345 e. The molecule has 0 aromatic heterocycles. The van der Waals surface area contributed by atoms with Crippen LogP contribution in [0.4, 0.5) is 0 Å². The van der Waals surface area contributed by atoms with Gasteiger partial charge in [0.1, 0.15) is 0 Å². The number of hydrogen-bond donors (Lipinski definition) is 3. The number of carbonyl (C=O) groups is 4. The molecular formula is C35H46N2O6. The molecule has 4 aliphatic carbocycles. The van der Waals surface area contributed by atoms with Gasteiger partial charge in [-0.05, 0) is 92.7 Å². The van der Waals surface area contributed by atoms with Crippen LogP contribution < -0.4 is 11.1 Å². The van der Waals surface area contributed by atoms with E-state index in [0.717, 1.165) is 23.3 Å². The summed E-state index contributed by atoms with van der Waals surface area (Å²) in [6.07, 6.45) is 7.37. The Hall–Kier alpha value is -3.52. The molecule has 232 valence electrons. The summed E-state index contributed by atoms with van der Waals surface area (Å²) < 4.78 is 5.04. The second-order valence-corrected chi connectivity index (χ2v) is 13.3. The van der Waals surface area contributed by atoms with E-state index in [1.165, 1.54) is 38.5 Å². The van der Waals surface area contributed by atoms with Crippen molar-refractivity contribution >= 4 is 23.6 Å². The van der Waals surface area contributed by atoms with E-state index in [0.29, 0.717) is 11.1 Å². The highest BCUT2D eigenvalue weighted by atomic mass is 16.6. The zero-order valence-electron chi connectivity index (χ0n) is 25.4. The standard InChI is InChI=1S/C25H29NO6.C10H17N/c1-17(2)15-22(25(30)31)32-23(28)14-13-21(27)20(16-18-9-5-3-6-10-18)26-24(29)19-11-7-4-8-12-19;11-10-4-7-1-8(5-10)3-9(2-7)6-10/h3-12,17,20,22H,13-16H2,1-2H3,(H,26,29)(H,30,31);7-9H,1-6,11H2/t20-,22?;/m0./s1. The highest BCUT2D eigenvalue weighted by Gasteiger charge is 2.48. The van der Waals surface area contributed by atoms with Crippen LogP contribution in [-0.2, 0) is 25.5 Å². The molecule has 1 amide bonds. The van der Waals surface area contributed by atoms with E-state index >= 15 is 0 Å². The Balaban J connectivity index is 0.000000313. The zero-order valence-corrected chi connectivity index (χ0v) is 25.4. The summed E-state index contributed by atoms with van der Waals surface area (Å²) in [4.78, 5) is 48.9. The molecule has 4 saturated carbocycles. The Morgan fingerprint density at radius 3 is 1.91 bits per heavy atom. The van der Waals surface area contributed by atoms with Gasteiger partial charge in [0, 0.05) is 17.5 Å². The molecule has 1 unspecified atom stereocenters. The maximum atomic E-state index is 12.9. The number of nitrogens with two attached hydrogens (primary N) is 1. The van der Waals surface area contributed by atoms with Crippen LogP contribution in [0.3, 0.4) is 0 Å². The van der Waals surface area contributed by atoms with Crippen molar-refractivity contribution in [3.05, 3.63) is 71.8 Å². The average molecular weight is 591 g/mol. The summed E-state index contributed by atoms with van der Waals surface area (Å²) in [5, 5.41) is 12.0. The van der Waals surface area contributed by atoms with Crippen molar-refractivity contribution in [2.75, 3.05) is 0 Å². The number of carboxylic acids is 1. The van der Waals surface area contributed by atoms with E-state index in [2.05, 4.69) is 5.32 Å². The average Bonchev–Trinajstić information content (AvgIpc) is 2.95. The molecule has 0 radical (unpaired) electrons. The Labute approximate surface area is 254 Å². The SMILES string of the molecule is CC(C)CC(OC(=O)CCC(=O)[C@H](Cc1ccccc1)NC(=O)c1ccccc1)C(=O)O.NC12CC3CC(CC(C3)C1)C2. The van der Waals surface area contributed by atoms with Crippen molar-refractivity contribution in [1.82, 2.24) is 5.32 Å². The lowest BCUT2D eigenvalue weighted by atomic mass is 9.53. The molecular weight excluding hydrogens is 544 g/mol. The van der Waals surface area contributed by atoms with Gasteiger partial charge < -0.3 is 20.9 Å². The molecule has 0 saturated heterocycles. The van der Waals surface area contributed by atoms with Crippen LogP contribution in [0.1, 0.15) is 87.6 Å². The molecule has 8 nitrogen and oxygen atoms in total. The minimum absolute atomic E-state index is 0.0361. The molecule has 4 aliphatic rings. The van der Waals surface area contributed by atoms with E-state index in [-0.39, 0.29) is 43.3 Å². The lowest BCUT2D eigenvalue weighted by molar-refractivity contribution is -0.165. The number of ketones is 1. The Kier molecular flexibility index (Phi) is 11.1. The molecule has 43 heavy (non-hydrogen) atoms. The van der Waals surface area contributed by atoms with Crippen LogP contribution in [0, 0.1) is 23.7 Å². The summed E-state index contributed by atoms with van der Waals surface area (Å²) in [5.74, 6) is 0.420. The third-order valence-corrected chi connectivity index (χ3v) is 8.91. The Morgan fingerprint density at radius 1 is 0.884 bits per heavy atom. The predicted molar refractivity (Wildman–Crippen MR) is 164 cm³/mol. The summed E-state index contributed by atoms with van der Waals surface area (Å²) >= 11 is 0. The number of aliphatic carboxylic acids is 1. The number of nitrogens with one attached hydrogen (secondary N) is 1. The highest BCUT2D eigenvalue weighted by Crippen LogP contribution is 2.54. The minimum Gasteiger partial charge on any atom is -0.479 e. The number of benzene rings is 2. The highest BCUT2D eigenvalue weighted by molar-refractivity contribution is 5.98. The van der Waals surface area contributed by atoms with Crippen LogP contribution in [0.5, 0.6) is 0 Å². The van der Waals surface area contributed by atoms with E-state index in [4.69, 9.17) is 10.5 Å². The van der Waals surface area contributed by atoms with Gasteiger partial charge in [-0.1, -0.05) is 62.4 Å². The molecule has 8 heteroatoms. The first-order valence-corrected chi connectivity index (χ1v) is 15.6. The molecule has 2 aromatic rings. The number of hydrogen-bond acceptors (Lipinski definition) is 6. The molecule has 2 atom stereocenters. The number of rotatable bonds is 12. The fourth-order valence-electron chi connectivity index (χ4n) is 7.35. The Bertz CT molecular complexity index is 1210. The number of carbonyl (C=O) groups excluding carboxylic acids is 3. The van der Waals surface area contributed by atoms with Gasteiger partial charge in [-0.25, -0.2) is 4.79 Å². The van der Waals surface area contributed by atoms with Gasteiger partial charge in [-0.2, -0.15) is 0 Å². The van der Waals surface area contributed by atoms with E-state index < -0.39 is 24.1 Å². The quantitative estimate of drug-likeness (QED) is 0.284. The van der Waals surface area contributed by atoms with Crippen molar-refractivity contribution < 1.29 is 29.0 Å². The topological polar surface area (TPSA) is 136 Å². The molecule has 0 spiro atoms. The van der Waals surface area contributed by atoms with Crippen molar-refractivity contribution in [2.24, 2.45) is 29.4 Å². The van der Waals surface area contributed by atoms with Gasteiger partial charge in [0.15, 0.2) is 11.9 Å². The molecule has 0 aliphatic heterocycles. The zero-order chi connectivity index (χ0) is 31.0. The fourth-order valence-corrected chi connectivity index (χ4v) is 7.35. The largest absolute Gasteiger partial charge is 0.479 e. The maximum absolute atomic E-state index is 12.9. The van der Waals surface area contributed by atoms with E-state index in [1.54, 1.807) is 30.3 Å². The number of Topliss-reactive ketones (excluding diaryl/α,β-unsaturated/α-hetero) is 1. The second kappa shape index (κ2) is 14.8. The molecule has 4 N–H and O–H groups in total. The third-order valence-electron chi connectivity index (χ3n) is 8.91. The molecule has 0 heterocycles. The second-order valence-electron chi connectivity index (χ2n) is 13.3. The van der Waals surface area contributed by atoms with Crippen molar-refractivity contribution in [1.29, 1.82) is 0 Å². The number of amides is 1. The lowest BCUT2D eigenvalue weighted by Crippen LogP contribution is -2.55. The van der Waals surface area contributed by atoms with Crippen LogP contribution in [0.2, 0.25) is 0 Å². The molecule has 2 aromatic carbocycles. The van der Waals surface area contributed by atoms with Gasteiger partial charge in [0.2, 0.25) is 0 Å². The monoisotopic (exact) mass is 590 g/mol. The van der Waals surface area contributed by atoms with Crippen LogP contribution in [0.25, 0.3) is 0 Å². The third kappa shape index (κ3) is 9.75. The van der Waals surface area contributed by atoms with E-state index in [1.807, 2.05) is 44.2 Å². The van der Waals surface area contributed by atoms with Gasteiger partial charge in [-0.3, -0.25) is 14.4 Å². The van der Waals surface area contributed by atoms with Crippen molar-refractivity contribution in [3.63, 3.8) is 0 Å². The molecule has 6 rings (SSSR count). The van der Waals surface area contributed by atoms with Crippen molar-refractivity contribution in [2.45, 2.75) is 95.7 Å². The first kappa shape index (κ1) is 32.4. The lowest BCUT2D eigenvalue weighted by Gasteiger charge is -2.55. The minimum atomic E-state index is -1.24. The molecule has 4 fully saturated rings. The summed E-state index contributed by atoms with van der Waals surface area (Å²) in [6.45, 7) is 3.66. The van der Waals surface area contributed by atoms with Crippen molar-refractivity contribution in [3.8, 4) is 0 Å². The number of carboxylic acid groups (broad SMARTS) is 1. The van der Waals surface area contributed by atoms with Gasteiger partial charge in [-0.15, -0.1) is 0 Å². The van der Waals surface area contributed by atoms with Gasteiger partial charge in [0.25, 0.3) is 5.91 Å². The van der Waals surface area contributed by atoms with Crippen LogP contribution in [0.15, 0.2) is 60.7 Å². The van der Waals surface area contributed by atoms with Gasteiger partial charge >= 0.3 is 11.9 Å². The number of esters is 1. The van der Waals surface area contributed by atoms with Crippen LogP contribution in [-0.4, -0.2) is 46.4 Å². The summed E-state index contributed by atoms with van der Waals surface area (Å²) in [7, 11) is 0. The number of ether oxygens (including phenoxy) is 1. The Morgan fingerprint density at radius 2 is 1.42 bits per heavy atom. The predicted octanol–water partition coefficient (Wildman–Crippen LogP) is 5.33. The van der Waals surface area contributed by atoms with Crippen LogP contribution >= 0.6 is 0 Å². The first-order chi connectivity index (χ1) is 20.5.